The molecule has 6 heteroatoms. The van der Waals surface area contributed by atoms with Crippen LogP contribution in [0.1, 0.15) is 16.8 Å². The second-order valence-corrected chi connectivity index (χ2v) is 4.36. The molecular weight excluding hydrogens is 245 g/mol. The number of halogens is 1. The number of aromatic amines is 1. The number of rotatable bonds is 2. The Balaban J connectivity index is 2.06. The van der Waals surface area contributed by atoms with Crippen LogP contribution < -0.4 is 5.73 Å². The lowest BCUT2D eigenvalue weighted by atomic mass is 10.1. The molecule has 3 aromatic rings. The molecular formula is C13H12FN5. The minimum absolute atomic E-state index is 0.180. The fraction of sp³-hybridized carbons (Fsp3) is 0.154. The van der Waals surface area contributed by atoms with Gasteiger partial charge in [-0.05, 0) is 18.6 Å². The Bertz CT molecular complexity index is 750. The van der Waals surface area contributed by atoms with Gasteiger partial charge in [0, 0.05) is 23.6 Å². The van der Waals surface area contributed by atoms with Crippen molar-refractivity contribution in [2.75, 3.05) is 5.73 Å². The van der Waals surface area contributed by atoms with Crippen molar-refractivity contribution >= 4 is 16.9 Å². The number of nitrogens with two attached hydrogens (primary N) is 1. The summed E-state index contributed by atoms with van der Waals surface area (Å²) in [5, 5.41) is 0.929. The number of H-pyrrole nitrogens is 1. The van der Waals surface area contributed by atoms with Crippen molar-refractivity contribution in [2.45, 2.75) is 13.3 Å². The first-order valence-corrected chi connectivity index (χ1v) is 5.83. The number of nitrogens with one attached hydrogen (secondary N) is 1. The molecule has 0 radical (unpaired) electrons. The van der Waals surface area contributed by atoms with E-state index in [1.54, 1.807) is 12.1 Å². The molecule has 0 unspecified atom stereocenters. The van der Waals surface area contributed by atoms with E-state index in [-0.39, 0.29) is 5.82 Å². The molecule has 0 saturated carbocycles. The molecule has 3 aromatic heterocycles. The Morgan fingerprint density at radius 3 is 2.89 bits per heavy atom. The third kappa shape index (κ3) is 2.01. The quantitative estimate of drug-likeness (QED) is 0.688. The fourth-order valence-corrected chi connectivity index (χ4v) is 2.15. The standard InChI is InChI=1S/C13H12FN5/c1-7-11-9(5-16-13(11)18-6-17-7)4-8-2-3-10(15)19-12(8)14/h2-3,5-6H,4H2,1H3,(H2,15,19)(H,16,17,18). The summed E-state index contributed by atoms with van der Waals surface area (Å²) >= 11 is 0. The molecule has 3 N–H and O–H groups in total. The molecule has 0 aliphatic heterocycles. The van der Waals surface area contributed by atoms with Crippen molar-refractivity contribution in [1.82, 2.24) is 19.9 Å². The number of nitrogens with zero attached hydrogens (tertiary/aromatic N) is 3. The highest BCUT2D eigenvalue weighted by molar-refractivity contribution is 5.82. The highest BCUT2D eigenvalue weighted by atomic mass is 19.1. The lowest BCUT2D eigenvalue weighted by Crippen LogP contribution is -1.99. The van der Waals surface area contributed by atoms with Gasteiger partial charge in [0.25, 0.3) is 0 Å². The first-order chi connectivity index (χ1) is 9.15. The first kappa shape index (κ1) is 11.6. The monoisotopic (exact) mass is 257 g/mol. The van der Waals surface area contributed by atoms with Gasteiger partial charge < -0.3 is 10.7 Å². The predicted octanol–water partition coefficient (Wildman–Crippen LogP) is 1.97. The summed E-state index contributed by atoms with van der Waals surface area (Å²) < 4.78 is 13.7. The molecule has 0 saturated heterocycles. The average Bonchev–Trinajstić information content (AvgIpc) is 2.77. The van der Waals surface area contributed by atoms with Gasteiger partial charge in [0.05, 0.1) is 5.69 Å². The van der Waals surface area contributed by atoms with Crippen molar-refractivity contribution in [3.05, 3.63) is 47.4 Å². The lowest BCUT2D eigenvalue weighted by molar-refractivity contribution is 0.572. The molecule has 0 amide bonds. The van der Waals surface area contributed by atoms with Gasteiger partial charge in [0.1, 0.15) is 17.8 Å². The first-order valence-electron chi connectivity index (χ1n) is 5.83. The number of pyridine rings is 1. The van der Waals surface area contributed by atoms with E-state index in [2.05, 4.69) is 19.9 Å². The third-order valence-electron chi connectivity index (χ3n) is 3.07. The summed E-state index contributed by atoms with van der Waals surface area (Å²) in [5.74, 6) is -0.358. The highest BCUT2D eigenvalue weighted by Crippen LogP contribution is 2.22. The van der Waals surface area contributed by atoms with E-state index in [9.17, 15) is 4.39 Å². The Morgan fingerprint density at radius 2 is 2.11 bits per heavy atom. The maximum Gasteiger partial charge on any atom is 0.218 e. The Kier molecular flexibility index (Phi) is 2.63. The normalized spacial score (nSPS) is 11.1. The zero-order valence-corrected chi connectivity index (χ0v) is 10.3. The number of anilines is 1. The van der Waals surface area contributed by atoms with E-state index >= 15 is 0 Å². The van der Waals surface area contributed by atoms with Gasteiger partial charge >= 0.3 is 0 Å². The van der Waals surface area contributed by atoms with Crippen molar-refractivity contribution in [1.29, 1.82) is 0 Å². The van der Waals surface area contributed by atoms with Crippen molar-refractivity contribution in [3.8, 4) is 0 Å². The van der Waals surface area contributed by atoms with Gasteiger partial charge in [0.2, 0.25) is 5.95 Å². The van der Waals surface area contributed by atoms with Gasteiger partial charge in [-0.15, -0.1) is 0 Å². The zero-order valence-electron chi connectivity index (χ0n) is 10.3. The van der Waals surface area contributed by atoms with Crippen LogP contribution in [-0.4, -0.2) is 19.9 Å². The number of nitrogen functional groups attached to an aromatic ring is 1. The van der Waals surface area contributed by atoms with Crippen molar-refractivity contribution < 1.29 is 4.39 Å². The van der Waals surface area contributed by atoms with Crippen molar-refractivity contribution in [3.63, 3.8) is 0 Å². The topological polar surface area (TPSA) is 80.5 Å². The molecule has 0 fully saturated rings. The van der Waals surface area contributed by atoms with E-state index in [0.717, 1.165) is 22.3 Å². The predicted molar refractivity (Wildman–Crippen MR) is 70.0 cm³/mol. The minimum Gasteiger partial charge on any atom is -0.384 e. The third-order valence-corrected chi connectivity index (χ3v) is 3.07. The molecule has 0 bridgehead atoms. The van der Waals surface area contributed by atoms with Gasteiger partial charge in [-0.3, -0.25) is 0 Å². The molecule has 96 valence electrons. The zero-order chi connectivity index (χ0) is 13.4. The molecule has 19 heavy (non-hydrogen) atoms. The highest BCUT2D eigenvalue weighted by Gasteiger charge is 2.11. The lowest BCUT2D eigenvalue weighted by Gasteiger charge is -2.03. The second-order valence-electron chi connectivity index (χ2n) is 4.36. The van der Waals surface area contributed by atoms with Crippen LogP contribution in [0.25, 0.3) is 11.0 Å². The fourth-order valence-electron chi connectivity index (χ4n) is 2.15. The molecule has 0 aromatic carbocycles. The van der Waals surface area contributed by atoms with E-state index in [1.807, 2.05) is 13.1 Å². The number of hydrogen-bond acceptors (Lipinski definition) is 4. The van der Waals surface area contributed by atoms with Crippen LogP contribution >= 0.6 is 0 Å². The van der Waals surface area contributed by atoms with Crippen molar-refractivity contribution in [2.24, 2.45) is 0 Å². The minimum atomic E-state index is -0.538. The smallest absolute Gasteiger partial charge is 0.218 e. The summed E-state index contributed by atoms with van der Waals surface area (Å²) in [4.78, 5) is 15.0. The SMILES string of the molecule is Cc1ncnc2[nH]cc(Cc3ccc(N)nc3F)c12. The van der Waals surface area contributed by atoms with Crippen LogP contribution in [0.15, 0.2) is 24.7 Å². The van der Waals surface area contributed by atoms with Gasteiger partial charge in [-0.2, -0.15) is 4.39 Å². The van der Waals surface area contributed by atoms with Crippen LogP contribution in [-0.2, 0) is 6.42 Å². The molecule has 0 aliphatic carbocycles. The molecule has 0 spiro atoms. The number of hydrogen-bond donors (Lipinski definition) is 2. The van der Waals surface area contributed by atoms with Crippen LogP contribution in [0, 0.1) is 12.9 Å². The van der Waals surface area contributed by atoms with Crippen LogP contribution in [0.5, 0.6) is 0 Å². The molecule has 3 rings (SSSR count). The van der Waals surface area contributed by atoms with E-state index in [1.165, 1.54) is 6.33 Å². The Morgan fingerprint density at radius 1 is 1.26 bits per heavy atom. The summed E-state index contributed by atoms with van der Waals surface area (Å²) in [7, 11) is 0. The second kappa shape index (κ2) is 4.31. The average molecular weight is 257 g/mol. The summed E-state index contributed by atoms with van der Waals surface area (Å²) in [6.07, 6.45) is 3.75. The maximum atomic E-state index is 13.7. The number of aryl methyl sites for hydroxylation is 1. The molecule has 0 atom stereocenters. The Hall–Kier alpha value is -2.50. The molecule has 0 aliphatic rings. The van der Waals surface area contributed by atoms with Gasteiger partial charge in [0.15, 0.2) is 0 Å². The van der Waals surface area contributed by atoms with Crippen LogP contribution in [0.2, 0.25) is 0 Å². The van der Waals surface area contributed by atoms with Crippen LogP contribution in [0.3, 0.4) is 0 Å². The van der Waals surface area contributed by atoms with E-state index in [4.69, 9.17) is 5.73 Å². The van der Waals surface area contributed by atoms with Gasteiger partial charge in [-0.1, -0.05) is 6.07 Å². The Labute approximate surface area is 108 Å². The van der Waals surface area contributed by atoms with Gasteiger partial charge in [-0.25, -0.2) is 15.0 Å². The van der Waals surface area contributed by atoms with E-state index in [0.29, 0.717) is 12.0 Å². The molecule has 5 nitrogen and oxygen atoms in total. The van der Waals surface area contributed by atoms with Crippen LogP contribution in [0.4, 0.5) is 10.2 Å². The summed E-state index contributed by atoms with van der Waals surface area (Å²) in [6.45, 7) is 1.90. The van der Waals surface area contributed by atoms with E-state index < -0.39 is 5.95 Å². The largest absolute Gasteiger partial charge is 0.384 e. The number of aromatic nitrogens is 4. The molecule has 3 heterocycles. The summed E-state index contributed by atoms with van der Waals surface area (Å²) in [5.41, 5.74) is 8.50. The summed E-state index contributed by atoms with van der Waals surface area (Å²) in [6, 6.07) is 3.24. The number of fused-ring (bicyclic) bond motifs is 1. The maximum absolute atomic E-state index is 13.7.